The molecular formula is C13H18N4O2S. The van der Waals surface area contributed by atoms with Gasteiger partial charge >= 0.3 is 5.69 Å². The van der Waals surface area contributed by atoms with Crippen molar-refractivity contribution < 1.29 is 0 Å². The van der Waals surface area contributed by atoms with Crippen molar-refractivity contribution in [1.82, 2.24) is 9.13 Å². The Kier molecular flexibility index (Phi) is 4.29. The molecule has 0 spiro atoms. The van der Waals surface area contributed by atoms with Crippen molar-refractivity contribution in [1.29, 1.82) is 0 Å². The van der Waals surface area contributed by atoms with Gasteiger partial charge in [0, 0.05) is 20.1 Å². The molecule has 2 rings (SSSR count). The number of nitrogen functional groups attached to an aromatic ring is 1. The van der Waals surface area contributed by atoms with Gasteiger partial charge in [0.1, 0.15) is 11.5 Å². The summed E-state index contributed by atoms with van der Waals surface area (Å²) >= 11 is 1.59. The molecule has 0 bridgehead atoms. The average molecular weight is 294 g/mol. The maximum atomic E-state index is 12.1. The van der Waals surface area contributed by atoms with E-state index in [1.807, 2.05) is 23.8 Å². The first-order valence-electron chi connectivity index (χ1n) is 6.40. The van der Waals surface area contributed by atoms with Gasteiger partial charge in [-0.3, -0.25) is 13.9 Å². The number of hydrogen-bond donors (Lipinski definition) is 2. The number of hydrogen-bond acceptors (Lipinski definition) is 5. The fraction of sp³-hybridized carbons (Fsp3) is 0.385. The third kappa shape index (κ3) is 2.62. The molecule has 0 aromatic carbocycles. The lowest BCUT2D eigenvalue weighted by Gasteiger charge is -2.15. The van der Waals surface area contributed by atoms with E-state index in [4.69, 9.17) is 5.73 Å². The Morgan fingerprint density at radius 1 is 1.40 bits per heavy atom. The van der Waals surface area contributed by atoms with Crippen LogP contribution in [0.25, 0.3) is 0 Å². The molecule has 0 amide bonds. The van der Waals surface area contributed by atoms with Crippen LogP contribution in [-0.2, 0) is 20.1 Å². The highest BCUT2D eigenvalue weighted by molar-refractivity contribution is 7.07. The van der Waals surface area contributed by atoms with Crippen LogP contribution in [0.2, 0.25) is 0 Å². The lowest BCUT2D eigenvalue weighted by atomic mass is 10.3. The highest BCUT2D eigenvalue weighted by atomic mass is 32.1. The number of nitrogens with zero attached hydrogens (tertiary/aromatic N) is 2. The van der Waals surface area contributed by atoms with E-state index in [9.17, 15) is 9.59 Å². The summed E-state index contributed by atoms with van der Waals surface area (Å²) in [5.74, 6) is 0.204. The molecule has 0 aliphatic heterocycles. The second kappa shape index (κ2) is 5.96. The first-order valence-corrected chi connectivity index (χ1v) is 7.34. The van der Waals surface area contributed by atoms with Gasteiger partial charge < -0.3 is 11.1 Å². The minimum atomic E-state index is -0.393. The molecule has 0 unspecified atom stereocenters. The predicted molar refractivity (Wildman–Crippen MR) is 82.3 cm³/mol. The third-order valence-electron chi connectivity index (χ3n) is 3.08. The SMILES string of the molecule is CCCn1c(N)c(NCc2ccsc2)c(=O)n(C)c1=O. The third-order valence-corrected chi connectivity index (χ3v) is 3.81. The van der Waals surface area contributed by atoms with Crippen LogP contribution in [0.1, 0.15) is 18.9 Å². The number of nitrogens with two attached hydrogens (primary N) is 1. The topological polar surface area (TPSA) is 82.0 Å². The summed E-state index contributed by atoms with van der Waals surface area (Å²) in [5, 5.41) is 7.00. The number of thiophene rings is 1. The van der Waals surface area contributed by atoms with E-state index in [2.05, 4.69) is 5.32 Å². The van der Waals surface area contributed by atoms with Crippen molar-refractivity contribution in [2.24, 2.45) is 7.05 Å². The van der Waals surface area contributed by atoms with Gasteiger partial charge in [0.2, 0.25) is 0 Å². The summed E-state index contributed by atoms with van der Waals surface area (Å²) in [4.78, 5) is 24.1. The first kappa shape index (κ1) is 14.4. The molecule has 0 aliphatic carbocycles. The summed E-state index contributed by atoms with van der Waals surface area (Å²) in [6, 6.07) is 1.97. The van der Waals surface area contributed by atoms with E-state index in [0.29, 0.717) is 13.1 Å². The minimum absolute atomic E-state index is 0.204. The lowest BCUT2D eigenvalue weighted by molar-refractivity contribution is 0.600. The second-order valence-corrected chi connectivity index (χ2v) is 5.32. The molecule has 7 heteroatoms. The molecule has 3 N–H and O–H groups in total. The zero-order valence-corrected chi connectivity index (χ0v) is 12.4. The van der Waals surface area contributed by atoms with E-state index in [1.54, 1.807) is 11.3 Å². The molecule has 2 aromatic rings. The Morgan fingerprint density at radius 2 is 2.15 bits per heavy atom. The predicted octanol–water partition coefficient (Wildman–Crippen LogP) is 1.21. The van der Waals surface area contributed by atoms with Crippen molar-refractivity contribution in [2.75, 3.05) is 11.1 Å². The van der Waals surface area contributed by atoms with Gasteiger partial charge in [-0.15, -0.1) is 0 Å². The van der Waals surface area contributed by atoms with E-state index < -0.39 is 5.56 Å². The molecule has 2 aromatic heterocycles. The largest absolute Gasteiger partial charge is 0.383 e. The minimum Gasteiger partial charge on any atom is -0.383 e. The van der Waals surface area contributed by atoms with Gasteiger partial charge in [-0.2, -0.15) is 11.3 Å². The van der Waals surface area contributed by atoms with Gasteiger partial charge in [-0.25, -0.2) is 4.79 Å². The number of nitrogens with one attached hydrogen (secondary N) is 1. The second-order valence-electron chi connectivity index (χ2n) is 4.54. The molecule has 108 valence electrons. The Bertz CT molecular complexity index is 700. The molecule has 0 saturated carbocycles. The first-order chi connectivity index (χ1) is 9.56. The Labute approximate surface area is 120 Å². The van der Waals surface area contributed by atoms with E-state index in [-0.39, 0.29) is 17.2 Å². The quantitative estimate of drug-likeness (QED) is 0.868. The number of aromatic nitrogens is 2. The maximum Gasteiger partial charge on any atom is 0.332 e. The van der Waals surface area contributed by atoms with Crippen LogP contribution in [0.15, 0.2) is 26.4 Å². The number of anilines is 2. The summed E-state index contributed by atoms with van der Waals surface area (Å²) in [6.45, 7) is 2.95. The standard InChI is InChI=1S/C13H18N4O2S/c1-3-5-17-11(14)10(12(18)16(2)13(17)19)15-7-9-4-6-20-8-9/h4,6,8,15H,3,5,7,14H2,1-2H3. The van der Waals surface area contributed by atoms with Crippen LogP contribution in [0.5, 0.6) is 0 Å². The summed E-state index contributed by atoms with van der Waals surface area (Å²) in [6.07, 6.45) is 0.770. The maximum absolute atomic E-state index is 12.1. The smallest absolute Gasteiger partial charge is 0.332 e. The summed E-state index contributed by atoms with van der Waals surface area (Å²) in [5.41, 5.74) is 6.55. The van der Waals surface area contributed by atoms with Gasteiger partial charge in [0.25, 0.3) is 5.56 Å². The number of rotatable bonds is 5. The van der Waals surface area contributed by atoms with Crippen molar-refractivity contribution >= 4 is 22.8 Å². The normalized spacial score (nSPS) is 10.7. The van der Waals surface area contributed by atoms with Crippen LogP contribution in [0.4, 0.5) is 11.5 Å². The van der Waals surface area contributed by atoms with E-state index >= 15 is 0 Å². The molecule has 20 heavy (non-hydrogen) atoms. The van der Waals surface area contributed by atoms with E-state index in [0.717, 1.165) is 16.6 Å². The molecule has 0 fully saturated rings. The zero-order valence-electron chi connectivity index (χ0n) is 11.5. The van der Waals surface area contributed by atoms with Gasteiger partial charge in [-0.1, -0.05) is 6.92 Å². The Balaban J connectivity index is 2.41. The van der Waals surface area contributed by atoms with Gasteiger partial charge in [0.15, 0.2) is 0 Å². The monoisotopic (exact) mass is 294 g/mol. The highest BCUT2D eigenvalue weighted by Gasteiger charge is 2.14. The molecule has 2 heterocycles. The van der Waals surface area contributed by atoms with Gasteiger partial charge in [-0.05, 0) is 28.8 Å². The average Bonchev–Trinajstić information content (AvgIpc) is 2.94. The summed E-state index contributed by atoms with van der Waals surface area (Å²) < 4.78 is 2.51. The lowest BCUT2D eigenvalue weighted by Crippen LogP contribution is -2.40. The molecule has 0 radical (unpaired) electrons. The van der Waals surface area contributed by atoms with Crippen molar-refractivity contribution in [3.8, 4) is 0 Å². The van der Waals surface area contributed by atoms with E-state index in [1.165, 1.54) is 11.6 Å². The van der Waals surface area contributed by atoms with Gasteiger partial charge in [0.05, 0.1) is 0 Å². The molecule has 6 nitrogen and oxygen atoms in total. The van der Waals surface area contributed by atoms with Crippen LogP contribution >= 0.6 is 11.3 Å². The van der Waals surface area contributed by atoms with Crippen LogP contribution in [0, 0.1) is 0 Å². The van der Waals surface area contributed by atoms with Crippen LogP contribution < -0.4 is 22.3 Å². The fourth-order valence-electron chi connectivity index (χ4n) is 1.97. The van der Waals surface area contributed by atoms with Crippen molar-refractivity contribution in [3.63, 3.8) is 0 Å². The Hall–Kier alpha value is -2.02. The van der Waals surface area contributed by atoms with Crippen molar-refractivity contribution in [3.05, 3.63) is 43.2 Å². The van der Waals surface area contributed by atoms with Crippen LogP contribution in [-0.4, -0.2) is 9.13 Å². The molecule has 0 aliphatic rings. The zero-order chi connectivity index (χ0) is 14.7. The molecular weight excluding hydrogens is 276 g/mol. The summed E-state index contributed by atoms with van der Waals surface area (Å²) in [7, 11) is 1.46. The fourth-order valence-corrected chi connectivity index (χ4v) is 2.64. The van der Waals surface area contributed by atoms with Crippen molar-refractivity contribution in [2.45, 2.75) is 26.4 Å². The molecule has 0 atom stereocenters. The Morgan fingerprint density at radius 3 is 2.75 bits per heavy atom. The van der Waals surface area contributed by atoms with Crippen LogP contribution in [0.3, 0.4) is 0 Å². The molecule has 0 saturated heterocycles. The highest BCUT2D eigenvalue weighted by Crippen LogP contribution is 2.14.